The number of hydrazone groups is 1. The summed E-state index contributed by atoms with van der Waals surface area (Å²) in [5.74, 6) is -0.447. The lowest BCUT2D eigenvalue weighted by Crippen LogP contribution is -2.48. The summed E-state index contributed by atoms with van der Waals surface area (Å²) in [5.41, 5.74) is 1.76. The van der Waals surface area contributed by atoms with E-state index >= 15 is 0 Å². The average Bonchev–Trinajstić information content (AvgIpc) is 2.73. The van der Waals surface area contributed by atoms with Crippen LogP contribution in [-0.4, -0.2) is 42.4 Å². The molecular weight excluding hydrogens is 306 g/mol. The molecule has 0 radical (unpaired) electrons. The molecule has 0 atom stereocenters. The molecule has 1 aliphatic heterocycles. The third-order valence-corrected chi connectivity index (χ3v) is 4.48. The molecule has 2 aliphatic rings. The second-order valence-electron chi connectivity index (χ2n) is 6.11. The molecule has 0 aromatic heterocycles. The molecule has 0 bridgehead atoms. The van der Waals surface area contributed by atoms with Gasteiger partial charge in [0.2, 0.25) is 0 Å². The van der Waals surface area contributed by atoms with Crippen LogP contribution in [0, 0.1) is 0 Å². The molecule has 1 fully saturated rings. The Morgan fingerprint density at radius 2 is 2.00 bits per heavy atom. The summed E-state index contributed by atoms with van der Waals surface area (Å²) in [6.07, 6.45) is 7.06. The van der Waals surface area contributed by atoms with Crippen LogP contribution in [0.3, 0.4) is 0 Å². The van der Waals surface area contributed by atoms with Crippen LogP contribution >= 0.6 is 0 Å². The summed E-state index contributed by atoms with van der Waals surface area (Å²) in [4.78, 5) is 26.7. The summed E-state index contributed by atoms with van der Waals surface area (Å²) >= 11 is 0. The van der Waals surface area contributed by atoms with Crippen molar-refractivity contribution in [2.24, 2.45) is 5.10 Å². The SMILES string of the molecule is CCOC(=O)CN1N=Cc2ccccc2N(C2CCCCC2)C1=O. The maximum Gasteiger partial charge on any atom is 0.345 e. The minimum absolute atomic E-state index is 0.152. The summed E-state index contributed by atoms with van der Waals surface area (Å²) < 4.78 is 4.97. The van der Waals surface area contributed by atoms with Crippen LogP contribution in [0.2, 0.25) is 0 Å². The van der Waals surface area contributed by atoms with Crippen molar-refractivity contribution in [3.8, 4) is 0 Å². The zero-order chi connectivity index (χ0) is 16.9. The minimum Gasteiger partial charge on any atom is -0.465 e. The fourth-order valence-electron chi connectivity index (χ4n) is 3.35. The smallest absolute Gasteiger partial charge is 0.345 e. The van der Waals surface area contributed by atoms with Crippen molar-refractivity contribution in [3.05, 3.63) is 29.8 Å². The number of benzene rings is 1. The van der Waals surface area contributed by atoms with Crippen LogP contribution < -0.4 is 4.90 Å². The average molecular weight is 329 g/mol. The highest BCUT2D eigenvalue weighted by molar-refractivity contribution is 6.02. The number of esters is 1. The largest absolute Gasteiger partial charge is 0.465 e. The van der Waals surface area contributed by atoms with Crippen LogP contribution in [0.1, 0.15) is 44.6 Å². The fourth-order valence-corrected chi connectivity index (χ4v) is 3.35. The van der Waals surface area contributed by atoms with Crippen molar-refractivity contribution in [3.63, 3.8) is 0 Å². The van der Waals surface area contributed by atoms with Gasteiger partial charge in [0.25, 0.3) is 0 Å². The van der Waals surface area contributed by atoms with Crippen molar-refractivity contribution in [2.75, 3.05) is 18.1 Å². The van der Waals surface area contributed by atoms with Crippen LogP contribution in [0.15, 0.2) is 29.4 Å². The van der Waals surface area contributed by atoms with E-state index in [1.165, 1.54) is 11.4 Å². The van der Waals surface area contributed by atoms with E-state index in [2.05, 4.69) is 5.10 Å². The Morgan fingerprint density at radius 3 is 2.75 bits per heavy atom. The van der Waals surface area contributed by atoms with Gasteiger partial charge in [0.15, 0.2) is 0 Å². The molecule has 128 valence electrons. The van der Waals surface area contributed by atoms with Crippen molar-refractivity contribution in [1.29, 1.82) is 0 Å². The van der Waals surface area contributed by atoms with Crippen LogP contribution in [0.5, 0.6) is 0 Å². The molecule has 6 heteroatoms. The molecule has 24 heavy (non-hydrogen) atoms. The first kappa shape index (κ1) is 16.5. The number of amides is 2. The van der Waals surface area contributed by atoms with Crippen molar-refractivity contribution in [1.82, 2.24) is 5.01 Å². The van der Waals surface area contributed by atoms with Crippen molar-refractivity contribution < 1.29 is 14.3 Å². The number of nitrogens with zero attached hydrogens (tertiary/aromatic N) is 3. The Morgan fingerprint density at radius 1 is 1.25 bits per heavy atom. The second-order valence-corrected chi connectivity index (χ2v) is 6.11. The van der Waals surface area contributed by atoms with Gasteiger partial charge in [-0.2, -0.15) is 5.10 Å². The molecule has 0 spiro atoms. The molecule has 1 saturated carbocycles. The predicted octanol–water partition coefficient (Wildman–Crippen LogP) is 3.16. The van der Waals surface area contributed by atoms with Gasteiger partial charge in [-0.05, 0) is 25.8 Å². The number of hydrogen-bond donors (Lipinski definition) is 0. The highest BCUT2D eigenvalue weighted by Crippen LogP contribution is 2.31. The highest BCUT2D eigenvalue weighted by Gasteiger charge is 2.33. The van der Waals surface area contributed by atoms with Crippen LogP contribution in [-0.2, 0) is 9.53 Å². The number of hydrogen-bond acceptors (Lipinski definition) is 4. The second kappa shape index (κ2) is 7.47. The Balaban J connectivity index is 1.91. The molecule has 1 heterocycles. The molecule has 1 aromatic rings. The summed E-state index contributed by atoms with van der Waals surface area (Å²) in [6, 6.07) is 7.64. The number of carbonyl (C=O) groups excluding carboxylic acids is 2. The fraction of sp³-hybridized carbons (Fsp3) is 0.500. The number of rotatable bonds is 4. The van der Waals surface area contributed by atoms with Gasteiger partial charge in [-0.1, -0.05) is 37.5 Å². The van der Waals surface area contributed by atoms with Crippen LogP contribution in [0.4, 0.5) is 10.5 Å². The Kier molecular flexibility index (Phi) is 5.13. The molecule has 1 aliphatic carbocycles. The van der Waals surface area contributed by atoms with Gasteiger partial charge in [0, 0.05) is 11.6 Å². The number of urea groups is 1. The summed E-state index contributed by atoms with van der Waals surface area (Å²) in [5, 5.41) is 5.44. The van der Waals surface area contributed by atoms with E-state index in [4.69, 9.17) is 4.74 Å². The van der Waals surface area contributed by atoms with E-state index in [-0.39, 0.29) is 25.2 Å². The van der Waals surface area contributed by atoms with E-state index < -0.39 is 5.97 Å². The molecule has 2 amide bonds. The van der Waals surface area contributed by atoms with Crippen molar-refractivity contribution in [2.45, 2.75) is 45.1 Å². The first-order chi connectivity index (χ1) is 11.7. The molecule has 0 saturated heterocycles. The standard InChI is InChI=1S/C18H23N3O3/c1-2-24-17(22)13-20-18(23)21(15-9-4-3-5-10-15)16-11-7-6-8-14(16)12-19-20/h6-8,11-12,15H,2-5,9-10,13H2,1H3. The quantitative estimate of drug-likeness (QED) is 0.797. The van der Waals surface area contributed by atoms with Gasteiger partial charge in [-0.25, -0.2) is 9.80 Å². The monoisotopic (exact) mass is 329 g/mol. The highest BCUT2D eigenvalue weighted by atomic mass is 16.5. The van der Waals surface area contributed by atoms with E-state index in [9.17, 15) is 9.59 Å². The molecular formula is C18H23N3O3. The lowest BCUT2D eigenvalue weighted by atomic mass is 9.93. The third-order valence-electron chi connectivity index (χ3n) is 4.48. The molecule has 0 N–H and O–H groups in total. The van der Waals surface area contributed by atoms with Gasteiger partial charge in [0.1, 0.15) is 6.54 Å². The molecule has 3 rings (SSSR count). The van der Waals surface area contributed by atoms with Gasteiger partial charge in [0.05, 0.1) is 18.5 Å². The first-order valence-electron chi connectivity index (χ1n) is 8.60. The maximum atomic E-state index is 13.1. The van der Waals surface area contributed by atoms with Gasteiger partial charge >= 0.3 is 12.0 Å². The number of para-hydroxylation sites is 1. The summed E-state index contributed by atoms with van der Waals surface area (Å²) in [6.45, 7) is 1.87. The zero-order valence-electron chi connectivity index (χ0n) is 14.0. The van der Waals surface area contributed by atoms with Crippen molar-refractivity contribution >= 4 is 23.9 Å². The van der Waals surface area contributed by atoms with E-state index in [0.717, 1.165) is 36.9 Å². The predicted molar refractivity (Wildman–Crippen MR) is 92.1 cm³/mol. The molecule has 1 aromatic carbocycles. The number of fused-ring (bicyclic) bond motifs is 1. The van der Waals surface area contributed by atoms with Gasteiger partial charge in [-0.15, -0.1) is 0 Å². The number of anilines is 1. The zero-order valence-corrected chi connectivity index (χ0v) is 14.0. The first-order valence-corrected chi connectivity index (χ1v) is 8.60. The summed E-state index contributed by atoms with van der Waals surface area (Å²) in [7, 11) is 0. The number of ether oxygens (including phenoxy) is 1. The Labute approximate surface area is 142 Å². The van der Waals surface area contributed by atoms with Gasteiger partial charge < -0.3 is 4.74 Å². The molecule has 6 nitrogen and oxygen atoms in total. The van der Waals surface area contributed by atoms with E-state index in [0.29, 0.717) is 0 Å². The minimum atomic E-state index is -0.447. The van der Waals surface area contributed by atoms with E-state index in [1.54, 1.807) is 13.1 Å². The topological polar surface area (TPSA) is 62.2 Å². The normalized spacial score (nSPS) is 18.3. The third kappa shape index (κ3) is 3.42. The van der Waals surface area contributed by atoms with E-state index in [1.807, 2.05) is 29.2 Å². The van der Waals surface area contributed by atoms with Crippen LogP contribution in [0.25, 0.3) is 0 Å². The lowest BCUT2D eigenvalue weighted by molar-refractivity contribution is -0.143. The van der Waals surface area contributed by atoms with Gasteiger partial charge in [-0.3, -0.25) is 9.69 Å². The lowest BCUT2D eigenvalue weighted by Gasteiger charge is -2.35. The molecule has 0 unspecified atom stereocenters. The Bertz CT molecular complexity index is 638. The maximum absolute atomic E-state index is 13.1. The number of carbonyl (C=O) groups is 2. The Hall–Kier alpha value is -2.37.